The summed E-state index contributed by atoms with van der Waals surface area (Å²) < 4.78 is 6.29. The first kappa shape index (κ1) is 20.8. The van der Waals surface area contributed by atoms with Crippen LogP contribution in [0, 0.1) is 0 Å². The van der Waals surface area contributed by atoms with Crippen LogP contribution in [0.2, 0.25) is 5.02 Å². The van der Waals surface area contributed by atoms with Crippen LogP contribution in [0.15, 0.2) is 54.7 Å². The summed E-state index contributed by atoms with van der Waals surface area (Å²) in [5, 5.41) is 4.50. The zero-order chi connectivity index (χ0) is 20.0. The third-order valence-corrected chi connectivity index (χ3v) is 6.97. The molecule has 156 valence electrons. The number of benzene rings is 1. The fraction of sp³-hybridized carbons (Fsp3) is 0.560. The molecule has 1 N–H and O–H groups in total. The van der Waals surface area contributed by atoms with Gasteiger partial charge < -0.3 is 10.1 Å². The zero-order valence-electron chi connectivity index (χ0n) is 17.3. The largest absolute Gasteiger partial charge is 0.375 e. The Kier molecular flexibility index (Phi) is 6.89. The van der Waals surface area contributed by atoms with E-state index < -0.39 is 0 Å². The molecule has 2 heterocycles. The second-order valence-corrected chi connectivity index (χ2v) is 9.37. The van der Waals surface area contributed by atoms with E-state index >= 15 is 0 Å². The van der Waals surface area contributed by atoms with Gasteiger partial charge in [0, 0.05) is 35.0 Å². The molecule has 1 unspecified atom stereocenters. The van der Waals surface area contributed by atoms with Crippen molar-refractivity contribution in [2.24, 2.45) is 0 Å². The normalized spacial score (nSPS) is 25.4. The van der Waals surface area contributed by atoms with Crippen LogP contribution in [0.3, 0.4) is 0 Å². The molecule has 29 heavy (non-hydrogen) atoms. The molecule has 1 aromatic heterocycles. The average molecular weight is 413 g/mol. The zero-order valence-corrected chi connectivity index (χ0v) is 18.0. The van der Waals surface area contributed by atoms with Crippen molar-refractivity contribution in [3.05, 3.63) is 65.4 Å². The van der Waals surface area contributed by atoms with Crippen LogP contribution in [0.25, 0.3) is 0 Å². The molecule has 2 saturated carbocycles. The van der Waals surface area contributed by atoms with Crippen LogP contribution in [0.5, 0.6) is 0 Å². The number of halogens is 1. The molecule has 1 aromatic carbocycles. The lowest BCUT2D eigenvalue weighted by atomic mass is 9.68. The molecular formula is C25H33ClN2O. The predicted octanol–water partition coefficient (Wildman–Crippen LogP) is 5.92. The Morgan fingerprint density at radius 1 is 1.00 bits per heavy atom. The van der Waals surface area contributed by atoms with E-state index in [1.54, 1.807) is 0 Å². The van der Waals surface area contributed by atoms with Crippen molar-refractivity contribution in [1.82, 2.24) is 10.3 Å². The Labute approximate surface area is 180 Å². The van der Waals surface area contributed by atoms with Gasteiger partial charge in [-0.2, -0.15) is 0 Å². The molecule has 3 aliphatic rings. The van der Waals surface area contributed by atoms with Gasteiger partial charge in [-0.05, 0) is 75.8 Å². The van der Waals surface area contributed by atoms with Crippen molar-refractivity contribution in [2.75, 3.05) is 13.2 Å². The minimum atomic E-state index is 0.148. The summed E-state index contributed by atoms with van der Waals surface area (Å²) in [6.07, 6.45) is 13.3. The van der Waals surface area contributed by atoms with Crippen molar-refractivity contribution < 1.29 is 4.74 Å². The first-order chi connectivity index (χ1) is 14.2. The van der Waals surface area contributed by atoms with Crippen molar-refractivity contribution in [3.8, 4) is 0 Å². The highest BCUT2D eigenvalue weighted by Crippen LogP contribution is 2.49. The van der Waals surface area contributed by atoms with Crippen molar-refractivity contribution in [3.63, 3.8) is 0 Å². The summed E-state index contributed by atoms with van der Waals surface area (Å²) >= 11 is 5.54. The average Bonchev–Trinajstić information content (AvgIpc) is 3.48. The molecule has 5 rings (SSSR count). The smallest absolute Gasteiger partial charge is 0.0691 e. The number of nitrogens with zero attached hydrogens (tertiary/aromatic N) is 1. The number of nitrogens with one attached hydrogen (secondary N) is 1. The number of aromatic nitrogens is 1. The summed E-state index contributed by atoms with van der Waals surface area (Å²) in [6, 6.07) is 16.7. The van der Waals surface area contributed by atoms with Gasteiger partial charge in [-0.1, -0.05) is 48.7 Å². The Hall–Kier alpha value is -1.42. The van der Waals surface area contributed by atoms with Crippen LogP contribution in [0.1, 0.15) is 63.5 Å². The second kappa shape index (κ2) is 9.59. The summed E-state index contributed by atoms with van der Waals surface area (Å²) in [5.41, 5.74) is 1.66. The quantitative estimate of drug-likeness (QED) is 0.661. The molecule has 1 spiro atoms. The molecule has 3 nitrogen and oxygen atoms in total. The van der Waals surface area contributed by atoms with E-state index in [9.17, 15) is 0 Å². The summed E-state index contributed by atoms with van der Waals surface area (Å²) in [6.45, 7) is 2.03. The Morgan fingerprint density at radius 2 is 1.76 bits per heavy atom. The van der Waals surface area contributed by atoms with Crippen LogP contribution >= 0.6 is 11.6 Å². The van der Waals surface area contributed by atoms with Gasteiger partial charge in [-0.25, -0.2) is 0 Å². The van der Waals surface area contributed by atoms with Gasteiger partial charge in [0.2, 0.25) is 0 Å². The number of rotatable bonds is 5. The molecule has 3 fully saturated rings. The van der Waals surface area contributed by atoms with E-state index in [2.05, 4.69) is 17.4 Å². The molecular weight excluding hydrogens is 380 g/mol. The molecule has 0 bridgehead atoms. The van der Waals surface area contributed by atoms with Crippen molar-refractivity contribution >= 4 is 11.6 Å². The molecule has 0 amide bonds. The lowest BCUT2D eigenvalue weighted by Gasteiger charge is -2.46. The molecule has 1 aliphatic heterocycles. The monoisotopic (exact) mass is 412 g/mol. The maximum absolute atomic E-state index is 6.29. The highest BCUT2D eigenvalue weighted by molar-refractivity contribution is 6.30. The molecule has 1 saturated heterocycles. The lowest BCUT2D eigenvalue weighted by molar-refractivity contribution is -0.104. The number of ether oxygens (including phenoxy) is 1. The standard InChI is InChI=1S/C19H28N2O.C6H5Cl/c1-4-12-21-17(5-1)18(10-13-20-16-6-7-16)11-14-22-19(15-18)8-2-3-9-19;7-6-4-2-1-3-5-6/h1,4-5,12,16,20H,2-3,6-11,13-15H2;1-5H. The van der Waals surface area contributed by atoms with Crippen LogP contribution in [0.4, 0.5) is 0 Å². The minimum Gasteiger partial charge on any atom is -0.375 e. The first-order valence-electron chi connectivity index (χ1n) is 11.2. The maximum Gasteiger partial charge on any atom is 0.0691 e. The summed E-state index contributed by atoms with van der Waals surface area (Å²) in [4.78, 5) is 4.76. The Balaban J connectivity index is 0.000000249. The SMILES string of the molecule is Clc1ccccc1.c1ccc(C2(CCNC3CC3)CCOC3(CCCC3)C2)nc1. The fourth-order valence-electron chi connectivity index (χ4n) is 5.01. The molecule has 2 aromatic rings. The third kappa shape index (κ3) is 5.59. The van der Waals surface area contributed by atoms with Gasteiger partial charge in [-0.3, -0.25) is 4.98 Å². The molecule has 0 radical (unpaired) electrons. The molecule has 1 atom stereocenters. The van der Waals surface area contributed by atoms with Crippen LogP contribution in [-0.2, 0) is 10.2 Å². The second-order valence-electron chi connectivity index (χ2n) is 8.93. The summed E-state index contributed by atoms with van der Waals surface area (Å²) in [7, 11) is 0. The maximum atomic E-state index is 6.29. The van der Waals surface area contributed by atoms with Crippen molar-refractivity contribution in [1.29, 1.82) is 0 Å². The van der Waals surface area contributed by atoms with Gasteiger partial charge in [0.05, 0.1) is 5.60 Å². The first-order valence-corrected chi connectivity index (χ1v) is 11.6. The van der Waals surface area contributed by atoms with E-state index in [0.717, 1.165) is 30.6 Å². The van der Waals surface area contributed by atoms with Crippen molar-refractivity contribution in [2.45, 2.75) is 74.8 Å². The van der Waals surface area contributed by atoms with E-state index in [-0.39, 0.29) is 11.0 Å². The molecule has 4 heteroatoms. The van der Waals surface area contributed by atoms with Gasteiger partial charge in [0.25, 0.3) is 0 Å². The number of hydrogen-bond acceptors (Lipinski definition) is 3. The summed E-state index contributed by atoms with van der Waals surface area (Å²) in [5.74, 6) is 0. The highest BCUT2D eigenvalue weighted by atomic mass is 35.5. The Morgan fingerprint density at radius 3 is 2.38 bits per heavy atom. The molecule has 2 aliphatic carbocycles. The van der Waals surface area contributed by atoms with Crippen LogP contribution in [-0.4, -0.2) is 29.8 Å². The highest BCUT2D eigenvalue weighted by Gasteiger charge is 2.48. The topological polar surface area (TPSA) is 34.1 Å². The van der Waals surface area contributed by atoms with Gasteiger partial charge in [0.1, 0.15) is 0 Å². The third-order valence-electron chi connectivity index (χ3n) is 6.72. The van der Waals surface area contributed by atoms with Crippen LogP contribution < -0.4 is 5.32 Å². The van der Waals surface area contributed by atoms with E-state index in [1.807, 2.05) is 42.6 Å². The van der Waals surface area contributed by atoms with Gasteiger partial charge >= 0.3 is 0 Å². The fourth-order valence-corrected chi connectivity index (χ4v) is 5.16. The van der Waals surface area contributed by atoms with E-state index in [4.69, 9.17) is 21.3 Å². The van der Waals surface area contributed by atoms with Gasteiger partial charge in [-0.15, -0.1) is 0 Å². The van der Waals surface area contributed by atoms with E-state index in [1.165, 1.54) is 57.1 Å². The number of pyridine rings is 1. The predicted molar refractivity (Wildman–Crippen MR) is 119 cm³/mol. The van der Waals surface area contributed by atoms with Gasteiger partial charge in [0.15, 0.2) is 0 Å². The Bertz CT molecular complexity index is 744. The lowest BCUT2D eigenvalue weighted by Crippen LogP contribution is -2.47. The minimum absolute atomic E-state index is 0.148. The number of hydrogen-bond donors (Lipinski definition) is 1. The van der Waals surface area contributed by atoms with E-state index in [0.29, 0.717) is 0 Å².